The van der Waals surface area contributed by atoms with Crippen molar-refractivity contribution in [2.24, 2.45) is 0 Å². The molecule has 22 heavy (non-hydrogen) atoms. The number of rotatable bonds is 6. The van der Waals surface area contributed by atoms with Gasteiger partial charge in [-0.15, -0.1) is 0 Å². The molecule has 0 saturated carbocycles. The Labute approximate surface area is 131 Å². The first-order valence-corrected chi connectivity index (χ1v) is 9.27. The molecule has 2 rings (SSSR count). The maximum Gasteiger partial charge on any atom is 0.260 e. The molecule has 0 unspecified atom stereocenters. The second-order valence-corrected chi connectivity index (χ2v) is 7.29. The van der Waals surface area contributed by atoms with Crippen molar-refractivity contribution in [2.75, 3.05) is 26.0 Å². The van der Waals surface area contributed by atoms with E-state index in [2.05, 4.69) is 4.72 Å². The molecule has 0 bridgehead atoms. The van der Waals surface area contributed by atoms with Crippen molar-refractivity contribution in [3.63, 3.8) is 0 Å². The molecule has 1 aliphatic rings. The van der Waals surface area contributed by atoms with Gasteiger partial charge in [-0.2, -0.15) is 0 Å². The third-order valence-corrected chi connectivity index (χ3v) is 4.33. The number of amides is 1. The van der Waals surface area contributed by atoms with E-state index in [0.29, 0.717) is 12.3 Å². The molecule has 1 fully saturated rings. The first-order valence-electron chi connectivity index (χ1n) is 7.37. The number of benzene rings is 1. The molecule has 7 heteroatoms. The van der Waals surface area contributed by atoms with Crippen molar-refractivity contribution in [2.45, 2.75) is 25.3 Å². The molecule has 1 aromatic carbocycles. The SMILES string of the molecule is CS(=O)(=O)NC[C@@H]1CCCCN1C(=O)COc1ccccc1. The van der Waals surface area contributed by atoms with Gasteiger partial charge < -0.3 is 9.64 Å². The normalized spacial score (nSPS) is 19.0. The standard InChI is InChI=1S/C15H22N2O4S/c1-22(19,20)16-11-13-7-5-6-10-17(13)15(18)12-21-14-8-3-2-4-9-14/h2-4,8-9,13,16H,5-7,10-12H2,1H3/t13-/m0/s1. The maximum absolute atomic E-state index is 12.3. The lowest BCUT2D eigenvalue weighted by atomic mass is 10.0. The molecule has 6 nitrogen and oxygen atoms in total. The van der Waals surface area contributed by atoms with E-state index in [1.54, 1.807) is 17.0 Å². The molecule has 0 radical (unpaired) electrons. The molecule has 1 aliphatic heterocycles. The fourth-order valence-electron chi connectivity index (χ4n) is 2.53. The van der Waals surface area contributed by atoms with Crippen LogP contribution in [0.3, 0.4) is 0 Å². The van der Waals surface area contributed by atoms with Gasteiger partial charge in [-0.1, -0.05) is 18.2 Å². The third kappa shape index (κ3) is 5.31. The molecule has 1 atom stereocenters. The Hall–Kier alpha value is -1.60. The van der Waals surface area contributed by atoms with Crippen LogP contribution in [0.2, 0.25) is 0 Å². The minimum absolute atomic E-state index is 0.0284. The molecule has 122 valence electrons. The van der Waals surface area contributed by atoms with Gasteiger partial charge in [0.25, 0.3) is 5.91 Å². The van der Waals surface area contributed by atoms with Gasteiger partial charge in [0.2, 0.25) is 10.0 Å². The average molecular weight is 326 g/mol. The second-order valence-electron chi connectivity index (χ2n) is 5.46. The predicted octanol–water partition coefficient (Wildman–Crippen LogP) is 0.996. The van der Waals surface area contributed by atoms with Gasteiger partial charge in [-0.25, -0.2) is 13.1 Å². The van der Waals surface area contributed by atoms with Crippen molar-refractivity contribution in [1.82, 2.24) is 9.62 Å². The predicted molar refractivity (Wildman–Crippen MR) is 84.1 cm³/mol. The summed E-state index contributed by atoms with van der Waals surface area (Å²) in [4.78, 5) is 14.1. The summed E-state index contributed by atoms with van der Waals surface area (Å²) >= 11 is 0. The van der Waals surface area contributed by atoms with Crippen LogP contribution >= 0.6 is 0 Å². The van der Waals surface area contributed by atoms with E-state index >= 15 is 0 Å². The minimum Gasteiger partial charge on any atom is -0.484 e. The summed E-state index contributed by atoms with van der Waals surface area (Å²) in [6, 6.07) is 9.07. The number of hydrogen-bond acceptors (Lipinski definition) is 4. The highest BCUT2D eigenvalue weighted by molar-refractivity contribution is 7.88. The molecule has 0 spiro atoms. The maximum atomic E-state index is 12.3. The Morgan fingerprint density at radius 2 is 2.05 bits per heavy atom. The van der Waals surface area contributed by atoms with Crippen molar-refractivity contribution >= 4 is 15.9 Å². The minimum atomic E-state index is -3.25. The second kappa shape index (κ2) is 7.60. The van der Waals surface area contributed by atoms with Crippen LogP contribution in [-0.2, 0) is 14.8 Å². The zero-order chi connectivity index (χ0) is 16.0. The Kier molecular flexibility index (Phi) is 5.79. The molecular weight excluding hydrogens is 304 g/mol. The number of para-hydroxylation sites is 1. The highest BCUT2D eigenvalue weighted by atomic mass is 32.2. The number of ether oxygens (including phenoxy) is 1. The van der Waals surface area contributed by atoms with E-state index in [-0.39, 0.29) is 25.1 Å². The Bertz CT molecular complexity index is 589. The highest BCUT2D eigenvalue weighted by Gasteiger charge is 2.27. The highest BCUT2D eigenvalue weighted by Crippen LogP contribution is 2.17. The summed E-state index contributed by atoms with van der Waals surface area (Å²) < 4.78 is 30.4. The van der Waals surface area contributed by atoms with Gasteiger partial charge in [0, 0.05) is 19.1 Å². The molecule has 1 aromatic rings. The van der Waals surface area contributed by atoms with Crippen LogP contribution in [0.5, 0.6) is 5.75 Å². The van der Waals surface area contributed by atoms with Crippen molar-refractivity contribution in [3.05, 3.63) is 30.3 Å². The molecular formula is C15H22N2O4S. The number of sulfonamides is 1. The molecule has 0 aromatic heterocycles. The number of carbonyl (C=O) groups is 1. The third-order valence-electron chi connectivity index (χ3n) is 3.63. The van der Waals surface area contributed by atoms with Crippen LogP contribution in [0, 0.1) is 0 Å². The summed E-state index contributed by atoms with van der Waals surface area (Å²) in [6.07, 6.45) is 3.87. The van der Waals surface area contributed by atoms with Gasteiger partial charge in [0.1, 0.15) is 5.75 Å². The summed E-state index contributed by atoms with van der Waals surface area (Å²) in [6.45, 7) is 0.877. The van der Waals surface area contributed by atoms with Crippen LogP contribution in [0.1, 0.15) is 19.3 Å². The summed E-state index contributed by atoms with van der Waals surface area (Å²) in [5.74, 6) is 0.544. The van der Waals surface area contributed by atoms with Crippen molar-refractivity contribution in [1.29, 1.82) is 0 Å². The monoisotopic (exact) mass is 326 g/mol. The fraction of sp³-hybridized carbons (Fsp3) is 0.533. The Morgan fingerprint density at radius 3 is 2.73 bits per heavy atom. The van der Waals surface area contributed by atoms with Crippen molar-refractivity contribution < 1.29 is 17.9 Å². The zero-order valence-corrected chi connectivity index (χ0v) is 13.5. The molecule has 1 saturated heterocycles. The number of carbonyl (C=O) groups excluding carboxylic acids is 1. The van der Waals surface area contributed by atoms with Crippen LogP contribution in [0.25, 0.3) is 0 Å². The number of piperidine rings is 1. The van der Waals surface area contributed by atoms with Crippen LogP contribution in [0.4, 0.5) is 0 Å². The quantitative estimate of drug-likeness (QED) is 0.846. The van der Waals surface area contributed by atoms with Gasteiger partial charge >= 0.3 is 0 Å². The molecule has 1 N–H and O–H groups in total. The largest absolute Gasteiger partial charge is 0.484 e. The van der Waals surface area contributed by atoms with Crippen LogP contribution in [0.15, 0.2) is 30.3 Å². The number of hydrogen-bond donors (Lipinski definition) is 1. The lowest BCUT2D eigenvalue weighted by molar-refractivity contribution is -0.136. The van der Waals surface area contributed by atoms with Gasteiger partial charge in [-0.3, -0.25) is 4.79 Å². The lowest BCUT2D eigenvalue weighted by Gasteiger charge is -2.35. The van der Waals surface area contributed by atoms with Gasteiger partial charge in [-0.05, 0) is 31.4 Å². The van der Waals surface area contributed by atoms with Crippen LogP contribution < -0.4 is 9.46 Å². The Balaban J connectivity index is 1.90. The van der Waals surface area contributed by atoms with Gasteiger partial charge in [0.05, 0.1) is 6.26 Å². The topological polar surface area (TPSA) is 75.7 Å². The van der Waals surface area contributed by atoms with Crippen LogP contribution in [-0.4, -0.2) is 51.2 Å². The molecule has 1 amide bonds. The molecule has 0 aliphatic carbocycles. The van der Waals surface area contributed by atoms with E-state index < -0.39 is 10.0 Å². The summed E-state index contributed by atoms with van der Waals surface area (Å²) in [7, 11) is -3.25. The zero-order valence-electron chi connectivity index (χ0n) is 12.7. The number of nitrogens with zero attached hydrogens (tertiary/aromatic N) is 1. The first-order chi connectivity index (χ1) is 10.5. The van der Waals surface area contributed by atoms with E-state index in [4.69, 9.17) is 4.74 Å². The first kappa shape index (κ1) is 16.8. The van der Waals surface area contributed by atoms with E-state index in [0.717, 1.165) is 25.5 Å². The Morgan fingerprint density at radius 1 is 1.32 bits per heavy atom. The lowest BCUT2D eigenvalue weighted by Crippen LogP contribution is -2.50. The molecule has 1 heterocycles. The van der Waals surface area contributed by atoms with Gasteiger partial charge in [0.15, 0.2) is 6.61 Å². The number of likely N-dealkylation sites (tertiary alicyclic amines) is 1. The number of nitrogens with one attached hydrogen (secondary N) is 1. The summed E-state index contributed by atoms with van der Waals surface area (Å²) in [5, 5.41) is 0. The summed E-state index contributed by atoms with van der Waals surface area (Å²) in [5.41, 5.74) is 0. The van der Waals surface area contributed by atoms with E-state index in [9.17, 15) is 13.2 Å². The van der Waals surface area contributed by atoms with E-state index in [1.165, 1.54) is 0 Å². The smallest absolute Gasteiger partial charge is 0.260 e. The van der Waals surface area contributed by atoms with Crippen molar-refractivity contribution in [3.8, 4) is 5.75 Å². The fourth-order valence-corrected chi connectivity index (χ4v) is 3.03. The average Bonchev–Trinajstić information content (AvgIpc) is 2.51. The van der Waals surface area contributed by atoms with E-state index in [1.807, 2.05) is 18.2 Å².